The van der Waals surface area contributed by atoms with Gasteiger partial charge in [-0.25, -0.2) is 4.98 Å². The molecule has 4 aliphatic carbocycles. The van der Waals surface area contributed by atoms with Gasteiger partial charge in [0.2, 0.25) is 11.8 Å². The van der Waals surface area contributed by atoms with Gasteiger partial charge in [0, 0.05) is 29.3 Å². The topological polar surface area (TPSA) is 80.3 Å². The van der Waals surface area contributed by atoms with Gasteiger partial charge in [-0.1, -0.05) is 12.1 Å². The van der Waals surface area contributed by atoms with Crippen molar-refractivity contribution in [2.24, 2.45) is 23.2 Å². The lowest BCUT2D eigenvalue weighted by atomic mass is 9.49. The van der Waals surface area contributed by atoms with Crippen LogP contribution in [0.2, 0.25) is 0 Å². The molecule has 0 spiro atoms. The lowest BCUT2D eigenvalue weighted by Crippen LogP contribution is -2.53. The Labute approximate surface area is 195 Å². The SMILES string of the molecule is O=C(CCNC(=O)C12CC3CC(CC(C3)C1)C2)Nc1nc(-c2ccccc2OC(F)F)cs1. The van der Waals surface area contributed by atoms with Crippen LogP contribution >= 0.6 is 11.3 Å². The van der Waals surface area contributed by atoms with E-state index >= 15 is 0 Å². The average molecular weight is 476 g/mol. The normalized spacial score (nSPS) is 27.5. The quantitative estimate of drug-likeness (QED) is 0.559. The monoisotopic (exact) mass is 475 g/mol. The van der Waals surface area contributed by atoms with Gasteiger partial charge < -0.3 is 15.4 Å². The van der Waals surface area contributed by atoms with Crippen molar-refractivity contribution >= 4 is 28.3 Å². The molecule has 0 saturated heterocycles. The first-order valence-electron chi connectivity index (χ1n) is 11.5. The second-order valence-electron chi connectivity index (χ2n) is 9.66. The number of nitrogens with one attached hydrogen (secondary N) is 2. The Morgan fingerprint density at radius 3 is 2.45 bits per heavy atom. The number of carbonyl (C=O) groups is 2. The zero-order chi connectivity index (χ0) is 23.0. The molecule has 2 amide bonds. The molecule has 4 bridgehead atoms. The van der Waals surface area contributed by atoms with E-state index in [-0.39, 0.29) is 35.9 Å². The van der Waals surface area contributed by atoms with Crippen LogP contribution in [0.25, 0.3) is 11.3 Å². The summed E-state index contributed by atoms with van der Waals surface area (Å²) in [7, 11) is 0. The van der Waals surface area contributed by atoms with E-state index in [1.165, 1.54) is 36.7 Å². The molecule has 0 atom stereocenters. The third-order valence-corrected chi connectivity index (χ3v) is 8.04. The maximum absolute atomic E-state index is 13.0. The van der Waals surface area contributed by atoms with E-state index in [1.54, 1.807) is 23.6 Å². The van der Waals surface area contributed by atoms with Crippen molar-refractivity contribution in [3.05, 3.63) is 29.6 Å². The second-order valence-corrected chi connectivity index (χ2v) is 10.5. The Morgan fingerprint density at radius 1 is 1.12 bits per heavy atom. The van der Waals surface area contributed by atoms with Gasteiger partial charge >= 0.3 is 6.61 Å². The van der Waals surface area contributed by atoms with E-state index in [9.17, 15) is 18.4 Å². The highest BCUT2D eigenvalue weighted by Gasteiger charge is 2.54. The van der Waals surface area contributed by atoms with Crippen molar-refractivity contribution in [2.45, 2.75) is 51.6 Å². The van der Waals surface area contributed by atoms with Gasteiger partial charge in [-0.05, 0) is 68.4 Å². The Balaban J connectivity index is 1.13. The highest BCUT2D eigenvalue weighted by atomic mass is 32.1. The van der Waals surface area contributed by atoms with Crippen molar-refractivity contribution < 1.29 is 23.1 Å². The Morgan fingerprint density at radius 2 is 1.79 bits per heavy atom. The van der Waals surface area contributed by atoms with Gasteiger partial charge in [-0.2, -0.15) is 8.78 Å². The summed E-state index contributed by atoms with van der Waals surface area (Å²) in [6.07, 6.45) is 6.98. The summed E-state index contributed by atoms with van der Waals surface area (Å²) >= 11 is 1.21. The average Bonchev–Trinajstić information content (AvgIpc) is 3.21. The highest BCUT2D eigenvalue weighted by Crippen LogP contribution is 2.60. The predicted molar refractivity (Wildman–Crippen MR) is 121 cm³/mol. The number of benzene rings is 1. The van der Waals surface area contributed by atoms with Gasteiger partial charge in [-0.15, -0.1) is 11.3 Å². The van der Waals surface area contributed by atoms with Crippen LogP contribution in [0.15, 0.2) is 29.6 Å². The highest BCUT2D eigenvalue weighted by molar-refractivity contribution is 7.14. The summed E-state index contributed by atoms with van der Waals surface area (Å²) in [5.41, 5.74) is 0.655. The molecule has 1 aromatic heterocycles. The third-order valence-electron chi connectivity index (χ3n) is 7.29. The maximum atomic E-state index is 13.0. The molecule has 2 N–H and O–H groups in total. The second kappa shape index (κ2) is 9.00. The largest absolute Gasteiger partial charge is 0.434 e. The number of rotatable bonds is 8. The number of thiazole rings is 1. The molecule has 4 saturated carbocycles. The number of para-hydroxylation sites is 1. The smallest absolute Gasteiger partial charge is 0.387 e. The maximum Gasteiger partial charge on any atom is 0.387 e. The van der Waals surface area contributed by atoms with Crippen LogP contribution in [-0.4, -0.2) is 30.0 Å². The number of amides is 2. The van der Waals surface area contributed by atoms with Gasteiger partial charge in [0.25, 0.3) is 0 Å². The molecular weight excluding hydrogens is 448 g/mol. The van der Waals surface area contributed by atoms with E-state index in [0.717, 1.165) is 19.3 Å². The minimum absolute atomic E-state index is 0.0306. The Bertz CT molecular complexity index is 1010. The van der Waals surface area contributed by atoms with Gasteiger partial charge in [0.1, 0.15) is 5.75 Å². The molecule has 1 aromatic carbocycles. The van der Waals surface area contributed by atoms with Crippen LogP contribution in [0.4, 0.5) is 13.9 Å². The van der Waals surface area contributed by atoms with Crippen molar-refractivity contribution in [3.63, 3.8) is 0 Å². The molecule has 0 aliphatic heterocycles. The minimum Gasteiger partial charge on any atom is -0.434 e. The van der Waals surface area contributed by atoms with E-state index in [1.807, 2.05) is 0 Å². The summed E-state index contributed by atoms with van der Waals surface area (Å²) in [4.78, 5) is 29.7. The standard InChI is InChI=1S/C24H27F2N3O3S/c25-22(26)32-19-4-2-1-3-17(19)18-13-33-23(28-18)29-20(30)5-6-27-21(31)24-10-14-7-15(11-24)9-16(8-14)12-24/h1-4,13-16,22H,5-12H2,(H,27,31)(H,28,29,30). The molecule has 6 rings (SSSR count). The summed E-state index contributed by atoms with van der Waals surface area (Å²) in [6, 6.07) is 6.40. The molecule has 9 heteroatoms. The predicted octanol–water partition coefficient (Wildman–Crippen LogP) is 5.07. The van der Waals surface area contributed by atoms with Crippen molar-refractivity contribution in [3.8, 4) is 17.0 Å². The van der Waals surface area contributed by atoms with Crippen LogP contribution in [0.3, 0.4) is 0 Å². The first kappa shape index (κ1) is 22.3. The number of anilines is 1. The third kappa shape index (κ3) is 4.74. The number of alkyl halides is 2. The number of ether oxygens (including phenoxy) is 1. The van der Waals surface area contributed by atoms with Crippen LogP contribution in [0.1, 0.15) is 44.9 Å². The number of carbonyl (C=O) groups excluding carboxylic acids is 2. The summed E-state index contributed by atoms with van der Waals surface area (Å²) < 4.78 is 29.9. The van der Waals surface area contributed by atoms with E-state index in [4.69, 9.17) is 0 Å². The number of nitrogens with zero attached hydrogens (tertiary/aromatic N) is 1. The van der Waals surface area contributed by atoms with E-state index in [0.29, 0.717) is 34.1 Å². The van der Waals surface area contributed by atoms with Gasteiger partial charge in [-0.3, -0.25) is 9.59 Å². The summed E-state index contributed by atoms with van der Waals surface area (Å²) in [5.74, 6) is 1.98. The van der Waals surface area contributed by atoms with Crippen molar-refractivity contribution in [1.82, 2.24) is 10.3 Å². The van der Waals surface area contributed by atoms with Crippen LogP contribution in [0, 0.1) is 23.2 Å². The number of halogens is 2. The van der Waals surface area contributed by atoms with Gasteiger partial charge in [0.05, 0.1) is 5.69 Å². The molecule has 6 nitrogen and oxygen atoms in total. The molecular formula is C24H27F2N3O3S. The zero-order valence-corrected chi connectivity index (χ0v) is 19.0. The number of aromatic nitrogens is 1. The van der Waals surface area contributed by atoms with Gasteiger partial charge in [0.15, 0.2) is 5.13 Å². The Hall–Kier alpha value is -2.55. The molecule has 4 fully saturated rings. The number of hydrogen-bond acceptors (Lipinski definition) is 5. The molecule has 0 unspecified atom stereocenters. The van der Waals surface area contributed by atoms with E-state index in [2.05, 4.69) is 20.4 Å². The van der Waals surface area contributed by atoms with E-state index < -0.39 is 6.61 Å². The molecule has 4 aliphatic rings. The van der Waals surface area contributed by atoms with Crippen molar-refractivity contribution in [2.75, 3.05) is 11.9 Å². The molecule has 2 aromatic rings. The fourth-order valence-electron chi connectivity index (χ4n) is 6.38. The lowest BCUT2D eigenvalue weighted by Gasteiger charge is -2.55. The molecule has 33 heavy (non-hydrogen) atoms. The summed E-state index contributed by atoms with van der Waals surface area (Å²) in [6.45, 7) is -2.65. The zero-order valence-electron chi connectivity index (χ0n) is 18.2. The van der Waals surface area contributed by atoms with Crippen LogP contribution < -0.4 is 15.4 Å². The summed E-state index contributed by atoms with van der Waals surface area (Å²) in [5, 5.41) is 7.79. The van der Waals surface area contributed by atoms with Crippen molar-refractivity contribution in [1.29, 1.82) is 0 Å². The molecule has 176 valence electrons. The molecule has 0 radical (unpaired) electrons. The number of hydrogen-bond donors (Lipinski definition) is 2. The first-order valence-corrected chi connectivity index (χ1v) is 12.4. The fraction of sp³-hybridized carbons (Fsp3) is 0.542. The fourth-order valence-corrected chi connectivity index (χ4v) is 7.11. The molecule has 1 heterocycles. The first-order chi connectivity index (χ1) is 15.9. The van der Waals surface area contributed by atoms with Crippen LogP contribution in [-0.2, 0) is 9.59 Å². The van der Waals surface area contributed by atoms with Crippen LogP contribution in [0.5, 0.6) is 5.75 Å². The lowest BCUT2D eigenvalue weighted by molar-refractivity contribution is -0.146. The Kier molecular flexibility index (Phi) is 6.07. The minimum atomic E-state index is -2.93.